The lowest BCUT2D eigenvalue weighted by atomic mass is 10.1. The van der Waals surface area contributed by atoms with Gasteiger partial charge in [0.15, 0.2) is 0 Å². The van der Waals surface area contributed by atoms with Gasteiger partial charge in [-0.1, -0.05) is 54.2 Å². The SMILES string of the molecule is C=Cc1ccc(S(=O)(=O)ON=c2c3ccccc3oc3ccccc23)cc1. The molecule has 3 aromatic carbocycles. The zero-order valence-electron chi connectivity index (χ0n) is 14.2. The van der Waals surface area contributed by atoms with Gasteiger partial charge < -0.3 is 4.42 Å². The highest BCUT2D eigenvalue weighted by Crippen LogP contribution is 2.19. The minimum Gasteiger partial charge on any atom is -0.456 e. The Morgan fingerprint density at radius 2 is 1.41 bits per heavy atom. The van der Waals surface area contributed by atoms with E-state index in [4.69, 9.17) is 8.70 Å². The molecule has 27 heavy (non-hydrogen) atoms. The van der Waals surface area contributed by atoms with E-state index in [1.165, 1.54) is 12.1 Å². The predicted molar refractivity (Wildman–Crippen MR) is 104 cm³/mol. The van der Waals surface area contributed by atoms with E-state index in [2.05, 4.69) is 11.7 Å². The molecule has 134 valence electrons. The molecule has 0 atom stereocenters. The highest BCUT2D eigenvalue weighted by Gasteiger charge is 2.16. The van der Waals surface area contributed by atoms with Crippen LogP contribution in [0.5, 0.6) is 0 Å². The Hall–Kier alpha value is -3.38. The van der Waals surface area contributed by atoms with Gasteiger partial charge in [-0.2, -0.15) is 8.42 Å². The number of hydrogen-bond acceptors (Lipinski definition) is 5. The Labute approximate surface area is 155 Å². The van der Waals surface area contributed by atoms with E-state index in [1.807, 2.05) is 24.3 Å². The maximum Gasteiger partial charge on any atom is 0.358 e. The van der Waals surface area contributed by atoms with Crippen molar-refractivity contribution in [3.05, 3.63) is 90.3 Å². The van der Waals surface area contributed by atoms with Crippen molar-refractivity contribution in [3.63, 3.8) is 0 Å². The molecule has 1 aromatic heterocycles. The summed E-state index contributed by atoms with van der Waals surface area (Å²) < 4.78 is 35.9. The smallest absolute Gasteiger partial charge is 0.358 e. The van der Waals surface area contributed by atoms with Crippen LogP contribution in [0.4, 0.5) is 0 Å². The van der Waals surface area contributed by atoms with Crippen molar-refractivity contribution in [2.75, 3.05) is 0 Å². The molecule has 1 heterocycles. The third-order valence-corrected chi connectivity index (χ3v) is 5.26. The number of hydrogen-bond donors (Lipinski definition) is 0. The summed E-state index contributed by atoms with van der Waals surface area (Å²) in [6, 6.07) is 20.7. The Morgan fingerprint density at radius 1 is 0.852 bits per heavy atom. The molecule has 0 amide bonds. The molecule has 0 spiro atoms. The summed E-state index contributed by atoms with van der Waals surface area (Å²) in [7, 11) is -4.05. The van der Waals surface area contributed by atoms with E-state index < -0.39 is 10.1 Å². The number of nitrogens with zero attached hydrogens (tertiary/aromatic N) is 1. The first-order valence-corrected chi connectivity index (χ1v) is 9.60. The first-order chi connectivity index (χ1) is 13.1. The normalized spacial score (nSPS) is 11.4. The first-order valence-electron chi connectivity index (χ1n) is 8.19. The van der Waals surface area contributed by atoms with Crippen molar-refractivity contribution in [3.8, 4) is 0 Å². The van der Waals surface area contributed by atoms with Crippen LogP contribution in [0.25, 0.3) is 28.0 Å². The zero-order valence-corrected chi connectivity index (χ0v) is 15.0. The highest BCUT2D eigenvalue weighted by molar-refractivity contribution is 7.86. The van der Waals surface area contributed by atoms with Gasteiger partial charge in [0.25, 0.3) is 0 Å². The molecule has 0 unspecified atom stereocenters. The quantitative estimate of drug-likeness (QED) is 0.389. The molecule has 0 N–H and O–H groups in total. The second-order valence-corrected chi connectivity index (χ2v) is 7.36. The zero-order chi connectivity index (χ0) is 18.9. The molecular weight excluding hydrogens is 362 g/mol. The maximum absolute atomic E-state index is 12.5. The van der Waals surface area contributed by atoms with E-state index in [-0.39, 0.29) is 4.90 Å². The van der Waals surface area contributed by atoms with Crippen LogP contribution in [0.1, 0.15) is 5.56 Å². The van der Waals surface area contributed by atoms with Gasteiger partial charge in [-0.05, 0) is 42.0 Å². The number of fused-ring (bicyclic) bond motifs is 2. The Morgan fingerprint density at radius 3 is 1.96 bits per heavy atom. The van der Waals surface area contributed by atoms with Crippen LogP contribution < -0.4 is 5.36 Å². The fraction of sp³-hybridized carbons (Fsp3) is 0. The molecule has 0 aliphatic rings. The summed E-state index contributed by atoms with van der Waals surface area (Å²) in [6.07, 6.45) is 1.63. The van der Waals surface area contributed by atoms with Crippen molar-refractivity contribution < 1.29 is 17.1 Å². The van der Waals surface area contributed by atoms with Gasteiger partial charge in [-0.15, -0.1) is 0 Å². The molecule has 0 aliphatic carbocycles. The summed E-state index contributed by atoms with van der Waals surface area (Å²) in [6.45, 7) is 3.65. The fourth-order valence-corrected chi connectivity index (χ4v) is 3.49. The van der Waals surface area contributed by atoms with Crippen LogP contribution in [0.3, 0.4) is 0 Å². The number of para-hydroxylation sites is 2. The van der Waals surface area contributed by atoms with E-state index in [0.29, 0.717) is 27.3 Å². The van der Waals surface area contributed by atoms with Crippen LogP contribution in [-0.4, -0.2) is 8.42 Å². The van der Waals surface area contributed by atoms with Crippen LogP contribution in [-0.2, 0) is 14.4 Å². The van der Waals surface area contributed by atoms with Crippen LogP contribution in [0.15, 0.2) is 93.8 Å². The molecule has 0 bridgehead atoms. The van der Waals surface area contributed by atoms with Gasteiger partial charge >= 0.3 is 10.1 Å². The van der Waals surface area contributed by atoms with Crippen LogP contribution >= 0.6 is 0 Å². The summed E-state index contributed by atoms with van der Waals surface area (Å²) in [4.78, 5) is 0.0195. The van der Waals surface area contributed by atoms with Gasteiger partial charge in [0.1, 0.15) is 21.4 Å². The van der Waals surface area contributed by atoms with Gasteiger partial charge in [0.05, 0.1) is 0 Å². The summed E-state index contributed by atoms with van der Waals surface area (Å²) in [5.74, 6) is 0. The van der Waals surface area contributed by atoms with Gasteiger partial charge in [0.2, 0.25) is 0 Å². The maximum atomic E-state index is 12.5. The Bertz CT molecular complexity index is 1260. The molecule has 0 fully saturated rings. The summed E-state index contributed by atoms with van der Waals surface area (Å²) >= 11 is 0. The van der Waals surface area contributed by atoms with Gasteiger partial charge in [0, 0.05) is 10.8 Å². The summed E-state index contributed by atoms with van der Waals surface area (Å²) in [5.41, 5.74) is 1.99. The van der Waals surface area contributed by atoms with Crippen molar-refractivity contribution in [2.24, 2.45) is 5.16 Å². The molecule has 6 heteroatoms. The summed E-state index contributed by atoms with van der Waals surface area (Å²) in [5, 5.41) is 5.71. The van der Waals surface area contributed by atoms with Crippen molar-refractivity contribution in [2.45, 2.75) is 4.90 Å². The first kappa shape index (κ1) is 17.1. The fourth-order valence-electron chi connectivity index (χ4n) is 2.76. The lowest BCUT2D eigenvalue weighted by Crippen LogP contribution is -2.10. The lowest BCUT2D eigenvalue weighted by molar-refractivity contribution is 0.326. The number of benzene rings is 3. The Kier molecular flexibility index (Phi) is 4.25. The molecule has 4 aromatic rings. The van der Waals surface area contributed by atoms with Crippen LogP contribution in [0, 0.1) is 0 Å². The monoisotopic (exact) mass is 377 g/mol. The van der Waals surface area contributed by atoms with Crippen molar-refractivity contribution in [1.29, 1.82) is 0 Å². The van der Waals surface area contributed by atoms with Crippen molar-refractivity contribution in [1.82, 2.24) is 0 Å². The predicted octanol–water partition coefficient (Wildman–Crippen LogP) is 4.45. The van der Waals surface area contributed by atoms with Gasteiger partial charge in [-0.3, -0.25) is 4.28 Å². The lowest BCUT2D eigenvalue weighted by Gasteiger charge is -2.05. The van der Waals surface area contributed by atoms with E-state index in [1.54, 1.807) is 42.5 Å². The third-order valence-electron chi connectivity index (χ3n) is 4.14. The topological polar surface area (TPSA) is 68.9 Å². The second kappa shape index (κ2) is 6.74. The van der Waals surface area contributed by atoms with E-state index in [0.717, 1.165) is 5.56 Å². The van der Waals surface area contributed by atoms with Crippen LogP contribution in [0.2, 0.25) is 0 Å². The minimum atomic E-state index is -4.05. The Balaban J connectivity index is 1.87. The third kappa shape index (κ3) is 3.22. The standard InChI is InChI=1S/C21H15NO4S/c1-2-15-11-13-16(14-12-15)27(23,24)26-22-21-17-7-3-5-9-19(17)25-20-10-6-4-8-18(20)21/h2-14H,1H2. The molecule has 4 rings (SSSR count). The molecule has 0 saturated heterocycles. The molecule has 0 saturated carbocycles. The van der Waals surface area contributed by atoms with Gasteiger partial charge in [-0.25, -0.2) is 0 Å². The number of rotatable bonds is 4. The second-order valence-electron chi connectivity index (χ2n) is 5.84. The van der Waals surface area contributed by atoms with Crippen molar-refractivity contribution >= 4 is 38.1 Å². The van der Waals surface area contributed by atoms with E-state index >= 15 is 0 Å². The molecule has 5 nitrogen and oxygen atoms in total. The molecule has 0 aliphatic heterocycles. The average Bonchev–Trinajstić information content (AvgIpc) is 2.71. The highest BCUT2D eigenvalue weighted by atomic mass is 32.2. The average molecular weight is 377 g/mol. The largest absolute Gasteiger partial charge is 0.456 e. The molecule has 0 radical (unpaired) electrons. The molecular formula is C21H15NO4S. The minimum absolute atomic E-state index is 0.0195. The van der Waals surface area contributed by atoms with E-state index in [9.17, 15) is 8.42 Å².